The highest BCUT2D eigenvalue weighted by Crippen LogP contribution is 2.26. The third-order valence-electron chi connectivity index (χ3n) is 3.58. The summed E-state index contributed by atoms with van der Waals surface area (Å²) in [4.78, 5) is 0. The van der Waals surface area contributed by atoms with E-state index in [2.05, 4.69) is 30.3 Å². The first-order valence-electron chi connectivity index (χ1n) is 6.90. The van der Waals surface area contributed by atoms with Crippen molar-refractivity contribution in [3.63, 3.8) is 0 Å². The molecule has 0 heterocycles. The SMILES string of the molecule is NC(c1ccccc1)c1cccc(-c2ccc(Cl)cc2)c1. The topological polar surface area (TPSA) is 26.0 Å². The maximum atomic E-state index is 6.37. The standard InChI is InChI=1S/C19H16ClN/c20-18-11-9-14(10-12-18)16-7-4-8-17(13-16)19(21)15-5-2-1-3-6-15/h1-13,19H,21H2. The minimum Gasteiger partial charge on any atom is -0.320 e. The Morgan fingerprint density at radius 3 is 2.05 bits per heavy atom. The van der Waals surface area contributed by atoms with Gasteiger partial charge in [-0.1, -0.05) is 72.3 Å². The van der Waals surface area contributed by atoms with Crippen LogP contribution >= 0.6 is 11.6 Å². The summed E-state index contributed by atoms with van der Waals surface area (Å²) in [6.07, 6.45) is 0. The van der Waals surface area contributed by atoms with E-state index in [1.165, 1.54) is 0 Å². The van der Waals surface area contributed by atoms with Crippen LogP contribution in [0.4, 0.5) is 0 Å². The summed E-state index contributed by atoms with van der Waals surface area (Å²) < 4.78 is 0. The van der Waals surface area contributed by atoms with Crippen molar-refractivity contribution < 1.29 is 0 Å². The van der Waals surface area contributed by atoms with Crippen LogP contribution in [0.25, 0.3) is 11.1 Å². The third-order valence-corrected chi connectivity index (χ3v) is 3.83. The van der Waals surface area contributed by atoms with Crippen molar-refractivity contribution in [2.24, 2.45) is 5.73 Å². The van der Waals surface area contributed by atoms with Gasteiger partial charge >= 0.3 is 0 Å². The summed E-state index contributed by atoms with van der Waals surface area (Å²) in [6.45, 7) is 0. The maximum Gasteiger partial charge on any atom is 0.0551 e. The van der Waals surface area contributed by atoms with Crippen LogP contribution in [0, 0.1) is 0 Å². The Morgan fingerprint density at radius 2 is 1.33 bits per heavy atom. The smallest absolute Gasteiger partial charge is 0.0551 e. The highest BCUT2D eigenvalue weighted by Gasteiger charge is 2.09. The lowest BCUT2D eigenvalue weighted by atomic mass is 9.96. The summed E-state index contributed by atoms with van der Waals surface area (Å²) in [5, 5.41) is 0.746. The third kappa shape index (κ3) is 3.15. The van der Waals surface area contributed by atoms with Gasteiger partial charge in [0.15, 0.2) is 0 Å². The van der Waals surface area contributed by atoms with E-state index >= 15 is 0 Å². The summed E-state index contributed by atoms with van der Waals surface area (Å²) in [5.41, 5.74) is 10.9. The first kappa shape index (κ1) is 13.9. The lowest BCUT2D eigenvalue weighted by Crippen LogP contribution is -2.11. The Bertz CT molecular complexity index is 720. The van der Waals surface area contributed by atoms with E-state index < -0.39 is 0 Å². The highest BCUT2D eigenvalue weighted by atomic mass is 35.5. The van der Waals surface area contributed by atoms with Gasteiger partial charge in [0, 0.05) is 5.02 Å². The van der Waals surface area contributed by atoms with E-state index in [9.17, 15) is 0 Å². The van der Waals surface area contributed by atoms with Crippen molar-refractivity contribution >= 4 is 11.6 Å². The molecule has 104 valence electrons. The lowest BCUT2D eigenvalue weighted by Gasteiger charge is -2.14. The van der Waals surface area contributed by atoms with Crippen LogP contribution in [0.5, 0.6) is 0 Å². The van der Waals surface area contributed by atoms with E-state index in [0.29, 0.717) is 0 Å². The van der Waals surface area contributed by atoms with Crippen LogP contribution < -0.4 is 5.73 Å². The fourth-order valence-electron chi connectivity index (χ4n) is 2.41. The second-order valence-electron chi connectivity index (χ2n) is 5.02. The van der Waals surface area contributed by atoms with Gasteiger partial charge in [0.2, 0.25) is 0 Å². The van der Waals surface area contributed by atoms with E-state index in [1.807, 2.05) is 48.5 Å². The zero-order valence-electron chi connectivity index (χ0n) is 11.5. The molecule has 2 heteroatoms. The second-order valence-corrected chi connectivity index (χ2v) is 5.46. The molecule has 21 heavy (non-hydrogen) atoms. The van der Waals surface area contributed by atoms with E-state index in [0.717, 1.165) is 27.3 Å². The monoisotopic (exact) mass is 293 g/mol. The molecule has 2 N–H and O–H groups in total. The summed E-state index contributed by atoms with van der Waals surface area (Å²) in [7, 11) is 0. The van der Waals surface area contributed by atoms with Gasteiger partial charge in [0.05, 0.1) is 6.04 Å². The summed E-state index contributed by atoms with van der Waals surface area (Å²) in [5.74, 6) is 0. The first-order chi connectivity index (χ1) is 10.2. The number of hydrogen-bond acceptors (Lipinski definition) is 1. The normalized spacial score (nSPS) is 12.1. The van der Waals surface area contributed by atoms with Crippen molar-refractivity contribution in [3.8, 4) is 11.1 Å². The van der Waals surface area contributed by atoms with Crippen LogP contribution in [-0.2, 0) is 0 Å². The van der Waals surface area contributed by atoms with Gasteiger partial charge in [-0.2, -0.15) is 0 Å². The molecular formula is C19H16ClN. The maximum absolute atomic E-state index is 6.37. The average molecular weight is 294 g/mol. The zero-order chi connectivity index (χ0) is 14.7. The molecule has 1 unspecified atom stereocenters. The largest absolute Gasteiger partial charge is 0.320 e. The highest BCUT2D eigenvalue weighted by molar-refractivity contribution is 6.30. The molecule has 0 bridgehead atoms. The van der Waals surface area contributed by atoms with Gasteiger partial charge in [-0.05, 0) is 40.5 Å². The van der Waals surface area contributed by atoms with Crippen LogP contribution in [0.1, 0.15) is 17.2 Å². The molecule has 0 saturated carbocycles. The zero-order valence-corrected chi connectivity index (χ0v) is 12.3. The molecule has 0 aromatic heterocycles. The Balaban J connectivity index is 1.95. The van der Waals surface area contributed by atoms with Crippen molar-refractivity contribution in [2.45, 2.75) is 6.04 Å². The molecule has 0 aliphatic carbocycles. The second kappa shape index (κ2) is 6.13. The van der Waals surface area contributed by atoms with Crippen LogP contribution in [-0.4, -0.2) is 0 Å². The van der Waals surface area contributed by atoms with Crippen molar-refractivity contribution in [3.05, 3.63) is 95.0 Å². The number of rotatable bonds is 3. The van der Waals surface area contributed by atoms with E-state index in [-0.39, 0.29) is 6.04 Å². The molecular weight excluding hydrogens is 278 g/mol. The number of hydrogen-bond donors (Lipinski definition) is 1. The Morgan fingerprint density at radius 1 is 0.667 bits per heavy atom. The number of halogens is 1. The Hall–Kier alpha value is -2.09. The molecule has 0 fully saturated rings. The molecule has 0 spiro atoms. The fraction of sp³-hybridized carbons (Fsp3) is 0.0526. The van der Waals surface area contributed by atoms with Gasteiger partial charge in [-0.25, -0.2) is 0 Å². The van der Waals surface area contributed by atoms with Gasteiger partial charge < -0.3 is 5.73 Å². The van der Waals surface area contributed by atoms with Gasteiger partial charge in [0.25, 0.3) is 0 Å². The van der Waals surface area contributed by atoms with Gasteiger partial charge in [0.1, 0.15) is 0 Å². The molecule has 3 aromatic carbocycles. The molecule has 1 atom stereocenters. The molecule has 0 saturated heterocycles. The Labute approximate surface area is 130 Å². The molecule has 0 aliphatic rings. The molecule has 0 radical (unpaired) electrons. The van der Waals surface area contributed by atoms with Crippen molar-refractivity contribution in [1.82, 2.24) is 0 Å². The predicted octanol–water partition coefficient (Wildman–Crippen LogP) is 5.06. The summed E-state index contributed by atoms with van der Waals surface area (Å²) >= 11 is 5.94. The first-order valence-corrected chi connectivity index (χ1v) is 7.28. The molecule has 3 aromatic rings. The molecule has 1 nitrogen and oxygen atoms in total. The Kier molecular flexibility index (Phi) is 4.05. The lowest BCUT2D eigenvalue weighted by molar-refractivity contribution is 0.872. The summed E-state index contributed by atoms with van der Waals surface area (Å²) in [6, 6.07) is 26.2. The molecule has 3 rings (SSSR count). The van der Waals surface area contributed by atoms with Gasteiger partial charge in [-0.3, -0.25) is 0 Å². The fourth-order valence-corrected chi connectivity index (χ4v) is 2.53. The minimum atomic E-state index is -0.113. The van der Waals surface area contributed by atoms with E-state index in [4.69, 9.17) is 17.3 Å². The van der Waals surface area contributed by atoms with Crippen molar-refractivity contribution in [1.29, 1.82) is 0 Å². The van der Waals surface area contributed by atoms with Crippen LogP contribution in [0.3, 0.4) is 0 Å². The van der Waals surface area contributed by atoms with E-state index in [1.54, 1.807) is 0 Å². The van der Waals surface area contributed by atoms with Crippen LogP contribution in [0.2, 0.25) is 5.02 Å². The average Bonchev–Trinajstić information content (AvgIpc) is 2.56. The number of nitrogens with two attached hydrogens (primary N) is 1. The van der Waals surface area contributed by atoms with Crippen molar-refractivity contribution in [2.75, 3.05) is 0 Å². The number of benzene rings is 3. The predicted molar refractivity (Wildman–Crippen MR) is 89.4 cm³/mol. The van der Waals surface area contributed by atoms with Gasteiger partial charge in [-0.15, -0.1) is 0 Å². The van der Waals surface area contributed by atoms with Crippen LogP contribution in [0.15, 0.2) is 78.9 Å². The molecule has 0 amide bonds. The quantitative estimate of drug-likeness (QED) is 0.718. The molecule has 0 aliphatic heterocycles. The minimum absolute atomic E-state index is 0.113.